The highest BCUT2D eigenvalue weighted by Crippen LogP contribution is 2.65. The van der Waals surface area contributed by atoms with Gasteiger partial charge in [-0.05, 0) is 185 Å². The van der Waals surface area contributed by atoms with Crippen LogP contribution in [0.25, 0.3) is 22.3 Å². The molecule has 0 amide bonds. The summed E-state index contributed by atoms with van der Waals surface area (Å²) in [6, 6.07) is 93.9. The Bertz CT molecular complexity index is 3630. The number of hydrogen-bond acceptors (Lipinski definition) is 4. The third kappa shape index (κ3) is 8.45. The lowest BCUT2D eigenvalue weighted by molar-refractivity contribution is 0.792. The summed E-state index contributed by atoms with van der Waals surface area (Å²) in [6.07, 6.45) is 17.5. The van der Waals surface area contributed by atoms with Gasteiger partial charge in [-0.1, -0.05) is 170 Å². The first-order valence-corrected chi connectivity index (χ1v) is 26.9. The molecule has 0 unspecified atom stereocenters. The summed E-state index contributed by atoms with van der Waals surface area (Å²) in [4.78, 5) is 9.74. The normalized spacial score (nSPS) is 15.0. The first-order valence-electron chi connectivity index (χ1n) is 26.9. The van der Waals surface area contributed by atoms with E-state index in [0.29, 0.717) is 0 Å². The van der Waals surface area contributed by atoms with Crippen LogP contribution in [-0.4, -0.2) is 6.54 Å². The molecule has 10 aromatic rings. The molecule has 3 aliphatic carbocycles. The second-order valence-electron chi connectivity index (χ2n) is 19.9. The maximum absolute atomic E-state index is 2.53. The molecule has 0 saturated carbocycles. The fourth-order valence-corrected chi connectivity index (χ4v) is 12.1. The van der Waals surface area contributed by atoms with Gasteiger partial charge >= 0.3 is 0 Å². The Morgan fingerprint density at radius 3 is 1.10 bits per heavy atom. The molecule has 0 heterocycles. The molecule has 13 rings (SSSR count). The van der Waals surface area contributed by atoms with Crippen LogP contribution >= 0.6 is 0 Å². The maximum Gasteiger partial charge on any atom is 0.0728 e. The van der Waals surface area contributed by atoms with Crippen molar-refractivity contribution in [1.29, 1.82) is 0 Å². The van der Waals surface area contributed by atoms with Gasteiger partial charge < -0.3 is 19.6 Å². The van der Waals surface area contributed by atoms with Gasteiger partial charge in [-0.2, -0.15) is 0 Å². The number of anilines is 10. The molecule has 370 valence electrons. The summed E-state index contributed by atoms with van der Waals surface area (Å²) < 4.78 is 0. The molecule has 1 spiro atoms. The second-order valence-corrected chi connectivity index (χ2v) is 19.9. The van der Waals surface area contributed by atoms with Gasteiger partial charge in [0.25, 0.3) is 0 Å². The standard InChI is InChI=1S/C73H58N4/c1-2-3-49-74(54-27-15-7-16-28-54)61-41-45-65-66-46-42-62(75(56-31-17-8-18-32-56)55-29-13-5-4-6-14-30-55)51-70(66)73(69(65)50-61)71-52-63(76(57-33-19-9-20-34-57)58-35-21-10-22-36-58)43-47-67(71)68-48-44-64(53-72(68)73)77(59-37-23-11-24-38-59)60-39-25-12-26-40-60/h2-3,5-29,31-48,50-53H,4,30,49H2,1H3/b3-2-,13-5-,14-6-,55-29+. The first kappa shape index (κ1) is 47.1. The summed E-state index contributed by atoms with van der Waals surface area (Å²) in [5.41, 5.74) is 21.4. The third-order valence-corrected chi connectivity index (χ3v) is 15.4. The van der Waals surface area contributed by atoms with Gasteiger partial charge in [0.15, 0.2) is 0 Å². The van der Waals surface area contributed by atoms with E-state index in [4.69, 9.17) is 0 Å². The summed E-state index contributed by atoms with van der Waals surface area (Å²) >= 11 is 0. The number of para-hydroxylation sites is 6. The van der Waals surface area contributed by atoms with Gasteiger partial charge in [-0.15, -0.1) is 0 Å². The lowest BCUT2D eigenvalue weighted by Gasteiger charge is -2.35. The molecule has 4 nitrogen and oxygen atoms in total. The molecule has 0 fully saturated rings. The predicted octanol–water partition coefficient (Wildman–Crippen LogP) is 19.6. The van der Waals surface area contributed by atoms with E-state index in [1.807, 2.05) is 0 Å². The average molecular weight is 991 g/mol. The van der Waals surface area contributed by atoms with Gasteiger partial charge in [0.05, 0.1) is 5.41 Å². The Labute approximate surface area is 453 Å². The molecule has 4 heteroatoms. The van der Waals surface area contributed by atoms with Crippen LogP contribution in [0.4, 0.5) is 56.9 Å². The fraction of sp³-hybridized carbons (Fsp3) is 0.0685. The largest absolute Gasteiger partial charge is 0.338 e. The average Bonchev–Trinajstić information content (AvgIpc) is 3.79. The first-order chi connectivity index (χ1) is 38.2. The van der Waals surface area contributed by atoms with Gasteiger partial charge in [0, 0.05) is 75.5 Å². The predicted molar refractivity (Wildman–Crippen MR) is 325 cm³/mol. The van der Waals surface area contributed by atoms with Crippen molar-refractivity contribution >= 4 is 56.9 Å². The lowest BCUT2D eigenvalue weighted by Crippen LogP contribution is -2.28. The molecule has 0 saturated heterocycles. The van der Waals surface area contributed by atoms with Crippen molar-refractivity contribution in [2.45, 2.75) is 25.2 Å². The van der Waals surface area contributed by atoms with Gasteiger partial charge in [0.2, 0.25) is 0 Å². The minimum absolute atomic E-state index is 0.723. The van der Waals surface area contributed by atoms with Crippen LogP contribution in [0.5, 0.6) is 0 Å². The van der Waals surface area contributed by atoms with E-state index in [0.717, 1.165) is 76.3 Å². The molecule has 0 radical (unpaired) electrons. The zero-order valence-electron chi connectivity index (χ0n) is 43.2. The number of hydrogen-bond donors (Lipinski definition) is 0. The van der Waals surface area contributed by atoms with Crippen LogP contribution in [0.15, 0.2) is 303 Å². The van der Waals surface area contributed by atoms with E-state index in [1.165, 1.54) is 50.2 Å². The Morgan fingerprint density at radius 2 is 0.701 bits per heavy atom. The summed E-state index contributed by atoms with van der Waals surface area (Å²) in [7, 11) is 0. The third-order valence-electron chi connectivity index (χ3n) is 15.4. The molecule has 77 heavy (non-hydrogen) atoms. The van der Waals surface area contributed by atoms with Crippen molar-refractivity contribution in [3.63, 3.8) is 0 Å². The topological polar surface area (TPSA) is 13.0 Å². The quantitative estimate of drug-likeness (QED) is 0.107. The van der Waals surface area contributed by atoms with E-state index >= 15 is 0 Å². The van der Waals surface area contributed by atoms with Crippen molar-refractivity contribution in [2.24, 2.45) is 0 Å². The molecular formula is C73H58N4. The minimum Gasteiger partial charge on any atom is -0.338 e. The van der Waals surface area contributed by atoms with E-state index in [1.54, 1.807) is 0 Å². The SMILES string of the molecule is C/C=C\CN(c1ccccc1)c1ccc2c(c1)C1(c3cc(N(/C4=C/C=C\C/C=C\C4)c4ccccc4)ccc3-2)c2cc(N(c3ccccc3)c3ccccc3)ccc2-c2ccc(N(c3ccccc3)c3ccccc3)cc21. The summed E-state index contributed by atoms with van der Waals surface area (Å²) in [5.74, 6) is 0. The van der Waals surface area contributed by atoms with Crippen LogP contribution in [0, 0.1) is 0 Å². The van der Waals surface area contributed by atoms with E-state index in [2.05, 4.69) is 324 Å². The minimum atomic E-state index is -0.786. The van der Waals surface area contributed by atoms with Gasteiger partial charge in [0.1, 0.15) is 0 Å². The van der Waals surface area contributed by atoms with Crippen molar-refractivity contribution < 1.29 is 0 Å². The molecular weight excluding hydrogens is 933 g/mol. The van der Waals surface area contributed by atoms with Crippen molar-refractivity contribution in [2.75, 3.05) is 26.1 Å². The number of allylic oxidation sites excluding steroid dienone is 6. The van der Waals surface area contributed by atoms with E-state index < -0.39 is 5.41 Å². The highest BCUT2D eigenvalue weighted by Gasteiger charge is 2.53. The Morgan fingerprint density at radius 1 is 0.351 bits per heavy atom. The zero-order chi connectivity index (χ0) is 51.5. The number of rotatable bonds is 13. The molecule has 0 N–H and O–H groups in total. The van der Waals surface area contributed by atoms with Crippen LogP contribution in [-0.2, 0) is 5.41 Å². The second kappa shape index (κ2) is 20.6. The molecule has 0 bridgehead atoms. The Kier molecular flexibility index (Phi) is 12.6. The summed E-state index contributed by atoms with van der Waals surface area (Å²) in [5, 5.41) is 0. The van der Waals surface area contributed by atoms with Gasteiger partial charge in [-0.25, -0.2) is 0 Å². The van der Waals surface area contributed by atoms with Crippen LogP contribution in [0.3, 0.4) is 0 Å². The monoisotopic (exact) mass is 990 g/mol. The molecule has 0 aromatic heterocycles. The Hall–Kier alpha value is -9.64. The lowest BCUT2D eigenvalue weighted by atomic mass is 9.70. The summed E-state index contributed by atoms with van der Waals surface area (Å²) in [6.45, 7) is 2.83. The van der Waals surface area contributed by atoms with Crippen molar-refractivity contribution in [3.05, 3.63) is 325 Å². The number of benzene rings is 10. The molecule has 10 aromatic carbocycles. The fourth-order valence-electron chi connectivity index (χ4n) is 12.1. The van der Waals surface area contributed by atoms with Crippen molar-refractivity contribution in [3.8, 4) is 22.3 Å². The molecule has 0 aliphatic heterocycles. The smallest absolute Gasteiger partial charge is 0.0728 e. The van der Waals surface area contributed by atoms with E-state index in [-0.39, 0.29) is 0 Å². The number of fused-ring (bicyclic) bond motifs is 10. The van der Waals surface area contributed by atoms with Crippen LogP contribution in [0.1, 0.15) is 42.0 Å². The van der Waals surface area contributed by atoms with Crippen LogP contribution < -0.4 is 19.6 Å². The highest BCUT2D eigenvalue weighted by atomic mass is 15.2. The van der Waals surface area contributed by atoms with Gasteiger partial charge in [-0.3, -0.25) is 0 Å². The molecule has 3 aliphatic rings. The number of nitrogens with zero attached hydrogens (tertiary/aromatic N) is 4. The highest BCUT2D eigenvalue weighted by molar-refractivity contribution is 5.99. The van der Waals surface area contributed by atoms with Crippen molar-refractivity contribution in [1.82, 2.24) is 0 Å². The maximum atomic E-state index is 2.53. The molecule has 0 atom stereocenters. The van der Waals surface area contributed by atoms with E-state index in [9.17, 15) is 0 Å². The Balaban J connectivity index is 1.14. The zero-order valence-corrected chi connectivity index (χ0v) is 43.2. The van der Waals surface area contributed by atoms with Crippen LogP contribution in [0.2, 0.25) is 0 Å².